The number of carbonyl (C=O) groups is 9. The molecule has 20 heterocycles. The number of carboxylic acid groups (broad SMARTS) is 5. The number of amides is 4. The van der Waals surface area contributed by atoms with Crippen LogP contribution < -0.4 is 28.7 Å². The number of hydrogen-bond acceptors (Lipinski definition) is 26. The van der Waals surface area contributed by atoms with Crippen molar-refractivity contribution in [1.82, 2.24) is 115 Å². The van der Waals surface area contributed by atoms with E-state index in [0.29, 0.717) is 131 Å². The highest BCUT2D eigenvalue weighted by Crippen LogP contribution is 2.43. The Morgan fingerprint density at radius 2 is 0.697 bits per heavy atom. The van der Waals surface area contributed by atoms with Crippen molar-refractivity contribution in [3.8, 4) is 55.6 Å². The Morgan fingerprint density at radius 3 is 1.01 bits per heavy atom. The lowest BCUT2D eigenvalue weighted by atomic mass is 9.79. The number of fused-ring (bicyclic) bond motifs is 5. The number of piperidine rings is 4. The number of methoxy groups -OCH3 is 1. The van der Waals surface area contributed by atoms with Crippen LogP contribution in [0, 0.1) is 5.92 Å². The molecular weight excluding hydrogens is 1950 g/mol. The highest BCUT2D eigenvalue weighted by molar-refractivity contribution is 9.10. The molecule has 4 saturated heterocycles. The van der Waals surface area contributed by atoms with Gasteiger partial charge in [0.05, 0.1) is 63.1 Å². The molecule has 145 heavy (non-hydrogen) atoms. The molecule has 0 spiro atoms. The number of carboxylic acids is 5. The lowest BCUT2D eigenvalue weighted by molar-refractivity contribution is -0.154. The lowest BCUT2D eigenvalue weighted by Gasteiger charge is -2.37. The number of rotatable bonds is 19. The maximum atomic E-state index is 13.0. The average Bonchev–Trinajstić information content (AvgIpc) is 1.63. The maximum absolute atomic E-state index is 13.0. The molecule has 16 aromatic heterocycles. The van der Waals surface area contributed by atoms with Gasteiger partial charge in [-0.1, -0.05) is 6.07 Å². The first-order chi connectivity index (χ1) is 69.4. The number of aliphatic carboxylic acids is 5. The molecule has 1 saturated carbocycles. The molecule has 8 atom stereocenters. The number of nitrogens with two attached hydrogens (primary N) is 5. The molecule has 5 fully saturated rings. The summed E-state index contributed by atoms with van der Waals surface area (Å²) >= 11 is 4.84. The minimum atomic E-state index is -1.01. The quantitative estimate of drug-likeness (QED) is 0.0359. The fourth-order valence-corrected chi connectivity index (χ4v) is 21.4. The van der Waals surface area contributed by atoms with E-state index in [4.69, 9.17) is 63.4 Å². The molecule has 46 heteroatoms. The number of thiophene rings is 1. The number of nitrogen functional groups attached to an aromatic ring is 5. The fraction of sp³-hybridized carbons (Fsp3) is 0.364. The number of likely N-dealkylation sites (tertiary alicyclic amines) is 4. The zero-order valence-electron chi connectivity index (χ0n) is 80.8. The number of hydrogen-bond donors (Lipinski definition) is 10. The van der Waals surface area contributed by atoms with Crippen LogP contribution in [0.4, 0.5) is 29.1 Å². The van der Waals surface area contributed by atoms with E-state index in [0.717, 1.165) is 110 Å². The Labute approximate surface area is 841 Å². The van der Waals surface area contributed by atoms with E-state index in [2.05, 4.69) is 41.4 Å². The Hall–Kier alpha value is -16.1. The van der Waals surface area contributed by atoms with E-state index in [1.54, 1.807) is 77.7 Å². The van der Waals surface area contributed by atoms with Gasteiger partial charge in [-0.2, -0.15) is 48.1 Å². The Kier molecular flexibility index (Phi) is 29.2. The third-order valence-electron chi connectivity index (χ3n) is 27.7. The van der Waals surface area contributed by atoms with Crippen LogP contribution in [-0.4, -0.2) is 258 Å². The first kappa shape index (κ1) is 100. The van der Waals surface area contributed by atoms with Gasteiger partial charge in [-0.25, -0.2) is 44.1 Å². The molecule has 4 aliphatic heterocycles. The van der Waals surface area contributed by atoms with Crippen molar-refractivity contribution in [3.63, 3.8) is 0 Å². The van der Waals surface area contributed by atoms with E-state index in [1.807, 2.05) is 168 Å². The van der Waals surface area contributed by atoms with Crippen LogP contribution in [0.25, 0.3) is 83.9 Å². The molecule has 8 unspecified atom stereocenters. The molecule has 0 aromatic carbocycles. The van der Waals surface area contributed by atoms with E-state index >= 15 is 0 Å². The van der Waals surface area contributed by atoms with Crippen molar-refractivity contribution in [2.24, 2.45) is 41.2 Å². The first-order valence-electron chi connectivity index (χ1n) is 47.3. The number of halogens is 1. The van der Waals surface area contributed by atoms with Crippen molar-refractivity contribution >= 4 is 138 Å². The SMILES string of the molecule is CC(=O)N1CC(c2cc(N)n3ncc(-c4ccn(C)c4)c3n2)CCC1C(=O)O.CC(=O)N1CC(c2nc3c(-c4ccn(C)c4)cnn3c(N)c2Br)CCC1C(=O)O.COCC(=O)N1CC(c2cc(N)n3ncc(-c4ccn(C)c4)c3n2)CCC1C(=O)O.Cn1ccc(-c2cnn3c(N)cc(C4CCC(C(=O)O)N(C(=O)c5cccs5)C4)nc23)c1.Cn1ccc(-c2cnn3c(N)cc(C4CCC(CC(=O)O)CC4)nc23)c1. The number of carbonyl (C=O) groups excluding carboxylic acids is 4. The molecule has 15 N–H and O–H groups in total. The summed E-state index contributed by atoms with van der Waals surface area (Å²) in [7, 11) is 11.2. The fourth-order valence-electron chi connectivity index (χ4n) is 20.2. The van der Waals surface area contributed by atoms with E-state index < -0.39 is 54.0 Å². The number of anilines is 5. The summed E-state index contributed by atoms with van der Waals surface area (Å²) in [5, 5.41) is 70.7. The van der Waals surface area contributed by atoms with Gasteiger partial charge < -0.3 is 101 Å². The number of ether oxygens (including phenoxy) is 1. The molecule has 0 radical (unpaired) electrons. The number of aromatic nitrogens is 20. The van der Waals surface area contributed by atoms with Crippen molar-refractivity contribution in [1.29, 1.82) is 0 Å². The Balaban J connectivity index is 0.000000124. The van der Waals surface area contributed by atoms with Crippen LogP contribution in [0.2, 0.25) is 0 Å². The third-order valence-corrected chi connectivity index (χ3v) is 29.3. The van der Waals surface area contributed by atoms with Gasteiger partial charge in [0.1, 0.15) is 59.9 Å². The lowest BCUT2D eigenvalue weighted by Crippen LogP contribution is -2.51. The predicted octanol–water partition coefficient (Wildman–Crippen LogP) is 10.8. The summed E-state index contributed by atoms with van der Waals surface area (Å²) < 4.78 is 23.4. The minimum absolute atomic E-state index is 0.0784. The monoisotopic (exact) mass is 2060 g/mol. The van der Waals surface area contributed by atoms with Gasteiger partial charge in [-0.3, -0.25) is 24.0 Å². The van der Waals surface area contributed by atoms with Crippen LogP contribution in [0.3, 0.4) is 0 Å². The molecule has 1 aliphatic carbocycles. The van der Waals surface area contributed by atoms with Gasteiger partial charge in [0.25, 0.3) is 5.91 Å². The summed E-state index contributed by atoms with van der Waals surface area (Å²) in [5.74, 6) is -3.31. The van der Waals surface area contributed by atoms with Gasteiger partial charge >= 0.3 is 29.8 Å². The molecule has 5 aliphatic rings. The smallest absolute Gasteiger partial charge is 0.326 e. The number of aryl methyl sites for hydroxylation is 5. The summed E-state index contributed by atoms with van der Waals surface area (Å²) in [4.78, 5) is 137. The van der Waals surface area contributed by atoms with Crippen molar-refractivity contribution in [3.05, 3.63) is 203 Å². The Morgan fingerprint density at radius 1 is 0.393 bits per heavy atom. The van der Waals surface area contributed by atoms with Gasteiger partial charge in [0.2, 0.25) is 17.7 Å². The van der Waals surface area contributed by atoms with Gasteiger partial charge in [-0.05, 0) is 141 Å². The maximum Gasteiger partial charge on any atom is 0.326 e. The summed E-state index contributed by atoms with van der Waals surface area (Å²) in [6.45, 7) is 3.73. The molecule has 16 aromatic rings. The van der Waals surface area contributed by atoms with Crippen LogP contribution in [0.5, 0.6) is 0 Å². The Bertz CT molecular complexity index is 7600. The minimum Gasteiger partial charge on any atom is -0.481 e. The van der Waals surface area contributed by atoms with Gasteiger partial charge in [0, 0.05) is 266 Å². The molecule has 756 valence electrons. The average molecular weight is 2060 g/mol. The number of nitrogens with zero attached hydrogens (tertiary/aromatic N) is 24. The van der Waals surface area contributed by atoms with E-state index in [-0.39, 0.29) is 85.9 Å². The highest BCUT2D eigenvalue weighted by Gasteiger charge is 2.43. The topological polar surface area (TPSA) is 583 Å². The van der Waals surface area contributed by atoms with Crippen LogP contribution >= 0.6 is 27.3 Å². The zero-order valence-corrected chi connectivity index (χ0v) is 83.2. The molecular formula is C99H112BrN29O15S. The van der Waals surface area contributed by atoms with Crippen molar-refractivity contribution < 1.29 is 73.4 Å². The molecule has 4 amide bonds. The summed E-state index contributed by atoms with van der Waals surface area (Å²) in [6.07, 6.45) is 36.4. The van der Waals surface area contributed by atoms with E-state index in [1.165, 1.54) is 51.9 Å². The molecule has 0 bridgehead atoms. The second kappa shape index (κ2) is 42.2. The highest BCUT2D eigenvalue weighted by atomic mass is 79.9. The molecule has 44 nitrogen and oxygen atoms in total. The van der Waals surface area contributed by atoms with Gasteiger partial charge in [0.15, 0.2) is 28.2 Å². The first-order valence-corrected chi connectivity index (χ1v) is 48.9. The van der Waals surface area contributed by atoms with Crippen molar-refractivity contribution in [2.75, 3.05) is 68.6 Å². The van der Waals surface area contributed by atoms with Gasteiger partial charge in [-0.15, -0.1) is 11.3 Å². The largest absolute Gasteiger partial charge is 0.481 e. The zero-order chi connectivity index (χ0) is 103. The third kappa shape index (κ3) is 21.1. The van der Waals surface area contributed by atoms with Crippen molar-refractivity contribution in [2.45, 2.75) is 151 Å². The predicted molar refractivity (Wildman–Crippen MR) is 541 cm³/mol. The van der Waals surface area contributed by atoms with E-state index in [9.17, 15) is 63.6 Å². The summed E-state index contributed by atoms with van der Waals surface area (Å²) in [5.41, 5.74) is 47.9. The second-order valence-electron chi connectivity index (χ2n) is 37.5. The standard InChI is InChI=1S/C22H22N6O3S.C20H24N6O4.C19H21BrN6O3.C19H22N6O3.C19H23N5O2/c1-26-7-6-13(11-26)15-10-24-28-19(23)9-16(25-20(15)28)14-4-5-17(22(30)31)27(12-14)21(29)18-3-2-8-32-18;1-24-6-5-12(9-24)14-8-22-26-17(21)7-15(23-19(14)26)13-3-4-16(20(28)29)25(10-13)18(27)11-30-2;1-10(27)25-9-12(3-4-14(25)19(28)29)16-15(20)17(21)26-18(23-16)13(7-22-26)11-5-6-24(2)8-11;1-11(26)24-10-13(3-4-16(24)19(27)28)15-7-17(20)25-18(22-15)14(8-21-25)12-5-6-23(2)9-12;1-23-7-6-14(11-23)15-10-21-24-17(20)9-16(22-19(15)24)13-4-2-12(3-5-13)8-18(25)26/h2-3,6-11,14,17H,4-5,12,23H2,1H3,(H,30,31);5-9,13,16H,3-4,10-11,21H2,1-2H3,(H,28,29);5-8,12,14H,3-4,9,21H2,1-2H3,(H,28,29);5-9,13,16H,3-4,10,20H2,1-2H3,(H,27,28);6-7,9-13H,2-5,8,20H2,1H3,(H,25,26). The van der Waals surface area contributed by atoms with Crippen LogP contribution in [-0.2, 0) is 78.3 Å². The molecule has 21 rings (SSSR count). The summed E-state index contributed by atoms with van der Waals surface area (Å²) in [6, 6.07) is 17.4. The normalized spacial score (nSPS) is 19.6. The van der Waals surface area contributed by atoms with Crippen LogP contribution in [0.15, 0.2) is 170 Å². The second-order valence-corrected chi connectivity index (χ2v) is 39.2. The van der Waals surface area contributed by atoms with Crippen LogP contribution in [0.1, 0.15) is 165 Å².